The Kier molecular flexibility index (Phi) is 7.43. The molecule has 2 aromatic rings. The molecule has 0 aliphatic carbocycles. The Morgan fingerprint density at radius 3 is 1.97 bits per heavy atom. The summed E-state index contributed by atoms with van der Waals surface area (Å²) in [4.78, 5) is 17.2. The molecule has 2 aromatic carbocycles. The topological polar surface area (TPSA) is 103 Å². The quantitative estimate of drug-likeness (QED) is 0.613. The summed E-state index contributed by atoms with van der Waals surface area (Å²) in [6.45, 7) is 0.210. The van der Waals surface area contributed by atoms with Gasteiger partial charge in [-0.05, 0) is 42.0 Å². The van der Waals surface area contributed by atoms with Crippen molar-refractivity contribution in [1.82, 2.24) is 9.79 Å². The van der Waals surface area contributed by atoms with Gasteiger partial charge in [0.25, 0.3) is 15.9 Å². The van der Waals surface area contributed by atoms with Crippen LogP contribution >= 0.6 is 0 Å². The molecule has 1 amide bonds. The molecular formula is C19H24N2O7S. The number of carbonyl (C=O) groups excluding carboxylic acids is 1. The van der Waals surface area contributed by atoms with Gasteiger partial charge < -0.3 is 19.5 Å². The van der Waals surface area contributed by atoms with E-state index in [1.165, 1.54) is 59.8 Å². The summed E-state index contributed by atoms with van der Waals surface area (Å²) >= 11 is 0. The average molecular weight is 424 g/mol. The predicted molar refractivity (Wildman–Crippen MR) is 106 cm³/mol. The van der Waals surface area contributed by atoms with Crippen molar-refractivity contribution in [2.24, 2.45) is 0 Å². The van der Waals surface area contributed by atoms with Gasteiger partial charge in [0.1, 0.15) is 0 Å². The van der Waals surface area contributed by atoms with Gasteiger partial charge in [0.15, 0.2) is 11.5 Å². The van der Waals surface area contributed by atoms with Crippen molar-refractivity contribution in [3.05, 3.63) is 47.5 Å². The molecule has 0 saturated carbocycles. The van der Waals surface area contributed by atoms with Crippen molar-refractivity contribution in [2.75, 3.05) is 35.5 Å². The molecule has 2 rings (SSSR count). The second-order valence-electron chi connectivity index (χ2n) is 5.84. The minimum Gasteiger partial charge on any atom is -0.493 e. The van der Waals surface area contributed by atoms with Crippen LogP contribution in [0, 0.1) is 0 Å². The van der Waals surface area contributed by atoms with Gasteiger partial charge in [-0.1, -0.05) is 4.47 Å². The van der Waals surface area contributed by atoms with Gasteiger partial charge in [-0.25, -0.2) is 8.42 Å². The van der Waals surface area contributed by atoms with Gasteiger partial charge in [-0.15, -0.1) is 0 Å². The summed E-state index contributed by atoms with van der Waals surface area (Å²) in [5, 5.41) is 2.77. The monoisotopic (exact) mass is 424 g/mol. The first kappa shape index (κ1) is 22.5. The number of amides is 1. The number of hydrogen-bond donors (Lipinski definition) is 1. The number of nitrogens with one attached hydrogen (secondary N) is 1. The molecular weight excluding hydrogens is 400 g/mol. The molecule has 0 bridgehead atoms. The van der Waals surface area contributed by atoms with Gasteiger partial charge in [0.05, 0.1) is 33.3 Å². The maximum atomic E-state index is 12.4. The van der Waals surface area contributed by atoms with Crippen molar-refractivity contribution < 1.29 is 32.3 Å². The largest absolute Gasteiger partial charge is 0.493 e. The smallest absolute Gasteiger partial charge is 0.264 e. The summed E-state index contributed by atoms with van der Waals surface area (Å²) in [7, 11) is 3.30. The Labute approximate surface area is 170 Å². The molecule has 9 nitrogen and oxygen atoms in total. The van der Waals surface area contributed by atoms with Gasteiger partial charge in [-0.2, -0.15) is 0 Å². The van der Waals surface area contributed by atoms with E-state index in [1.807, 2.05) is 0 Å². The van der Waals surface area contributed by atoms with Gasteiger partial charge in [-0.3, -0.25) is 9.63 Å². The molecule has 158 valence electrons. The lowest BCUT2D eigenvalue weighted by atomic mass is 10.1. The molecule has 0 aliphatic rings. The first-order chi connectivity index (χ1) is 13.8. The van der Waals surface area contributed by atoms with Crippen LogP contribution in [-0.2, 0) is 21.4 Å². The Morgan fingerprint density at radius 2 is 1.52 bits per heavy atom. The first-order valence-electron chi connectivity index (χ1n) is 8.48. The number of carbonyl (C=O) groups is 1. The molecule has 0 spiro atoms. The maximum Gasteiger partial charge on any atom is 0.264 e. The fourth-order valence-corrected chi connectivity index (χ4v) is 3.52. The van der Waals surface area contributed by atoms with E-state index in [2.05, 4.69) is 5.32 Å². The second-order valence-corrected chi connectivity index (χ2v) is 7.77. The van der Waals surface area contributed by atoms with Crippen LogP contribution in [0.4, 0.5) is 0 Å². The third-order valence-corrected chi connectivity index (χ3v) is 5.88. The van der Waals surface area contributed by atoms with Crippen molar-refractivity contribution in [3.63, 3.8) is 0 Å². The summed E-state index contributed by atoms with van der Waals surface area (Å²) in [5.41, 5.74) is 1.06. The average Bonchev–Trinajstić information content (AvgIpc) is 2.75. The van der Waals surface area contributed by atoms with E-state index >= 15 is 0 Å². The number of ether oxygens (including phenoxy) is 3. The number of benzene rings is 2. The highest BCUT2D eigenvalue weighted by Crippen LogP contribution is 2.38. The lowest BCUT2D eigenvalue weighted by Gasteiger charge is -2.15. The van der Waals surface area contributed by atoms with E-state index in [9.17, 15) is 13.2 Å². The van der Waals surface area contributed by atoms with Crippen molar-refractivity contribution in [1.29, 1.82) is 0 Å². The van der Waals surface area contributed by atoms with Crippen LogP contribution < -0.4 is 19.5 Å². The Morgan fingerprint density at radius 1 is 0.966 bits per heavy atom. The highest BCUT2D eigenvalue weighted by molar-refractivity contribution is 7.89. The van der Waals surface area contributed by atoms with E-state index in [-0.39, 0.29) is 17.3 Å². The summed E-state index contributed by atoms with van der Waals surface area (Å²) < 4.78 is 41.0. The molecule has 0 atom stereocenters. The van der Waals surface area contributed by atoms with Gasteiger partial charge >= 0.3 is 0 Å². The highest BCUT2D eigenvalue weighted by Gasteiger charge is 2.21. The third-order valence-electron chi connectivity index (χ3n) is 4.19. The fourth-order valence-electron chi connectivity index (χ4n) is 2.55. The number of hydroxylamine groups is 1. The molecule has 1 N–H and O–H groups in total. The first-order valence-corrected chi connectivity index (χ1v) is 9.92. The molecule has 0 fully saturated rings. The van der Waals surface area contributed by atoms with Crippen molar-refractivity contribution in [3.8, 4) is 17.2 Å². The Hall–Kier alpha value is -2.82. The molecule has 0 unspecified atom stereocenters. The summed E-state index contributed by atoms with van der Waals surface area (Å²) in [6, 6.07) is 9.02. The lowest BCUT2D eigenvalue weighted by molar-refractivity contribution is -0.0258. The van der Waals surface area contributed by atoms with Crippen molar-refractivity contribution in [2.45, 2.75) is 11.4 Å². The Balaban J connectivity index is 2.14. The molecule has 0 heterocycles. The minimum absolute atomic E-state index is 0.0167. The fraction of sp³-hybridized carbons (Fsp3) is 0.316. The number of nitrogens with zero attached hydrogens (tertiary/aromatic N) is 1. The number of hydrogen-bond acceptors (Lipinski definition) is 7. The van der Waals surface area contributed by atoms with Crippen LogP contribution in [0.2, 0.25) is 0 Å². The van der Waals surface area contributed by atoms with Gasteiger partial charge in [0, 0.05) is 19.2 Å². The predicted octanol–water partition coefficient (Wildman–Crippen LogP) is 1.82. The zero-order chi connectivity index (χ0) is 21.6. The van der Waals surface area contributed by atoms with E-state index in [1.54, 1.807) is 12.1 Å². The molecule has 0 radical (unpaired) electrons. The van der Waals surface area contributed by atoms with Crippen LogP contribution in [0.5, 0.6) is 17.2 Å². The standard InChI is InChI=1S/C19H24N2O7S/c1-21(28-5)29(23,24)15-8-6-14(7-9-15)19(22)20-12-13-10-16(25-2)18(27-4)17(11-13)26-3/h6-11H,12H2,1-5H3,(H,20,22). The number of rotatable bonds is 9. The van der Waals surface area contributed by atoms with E-state index in [4.69, 9.17) is 19.0 Å². The minimum atomic E-state index is -3.77. The molecule has 29 heavy (non-hydrogen) atoms. The lowest BCUT2D eigenvalue weighted by Crippen LogP contribution is -2.26. The highest BCUT2D eigenvalue weighted by atomic mass is 32.2. The number of methoxy groups -OCH3 is 3. The Bertz CT molecular complexity index is 934. The third kappa shape index (κ3) is 4.97. The van der Waals surface area contributed by atoms with E-state index in [0.29, 0.717) is 22.8 Å². The van der Waals surface area contributed by atoms with Crippen LogP contribution in [0.3, 0.4) is 0 Å². The van der Waals surface area contributed by atoms with Crippen LogP contribution in [0.25, 0.3) is 0 Å². The summed E-state index contributed by atoms with van der Waals surface area (Å²) in [6.07, 6.45) is 0. The molecule has 10 heteroatoms. The molecule has 0 saturated heterocycles. The molecule has 0 aliphatic heterocycles. The molecule has 0 aromatic heterocycles. The second kappa shape index (κ2) is 9.59. The summed E-state index contributed by atoms with van der Waals surface area (Å²) in [5.74, 6) is 1.06. The maximum absolute atomic E-state index is 12.4. The van der Waals surface area contributed by atoms with E-state index < -0.39 is 10.0 Å². The van der Waals surface area contributed by atoms with Crippen LogP contribution in [0.15, 0.2) is 41.3 Å². The van der Waals surface area contributed by atoms with Crippen LogP contribution in [0.1, 0.15) is 15.9 Å². The normalized spacial score (nSPS) is 11.2. The zero-order valence-electron chi connectivity index (χ0n) is 16.9. The van der Waals surface area contributed by atoms with Crippen molar-refractivity contribution >= 4 is 15.9 Å². The van der Waals surface area contributed by atoms with Crippen LogP contribution in [-0.4, -0.2) is 54.3 Å². The SMILES string of the molecule is COc1cc(CNC(=O)c2ccc(S(=O)(=O)N(C)OC)cc2)cc(OC)c1OC. The van der Waals surface area contributed by atoms with E-state index in [0.717, 1.165) is 10.0 Å². The number of sulfonamides is 1. The zero-order valence-corrected chi connectivity index (χ0v) is 17.7. The van der Waals surface area contributed by atoms with Gasteiger partial charge in [0.2, 0.25) is 5.75 Å².